The van der Waals surface area contributed by atoms with Crippen LogP contribution >= 0.6 is 47.8 Å². The lowest BCUT2D eigenvalue weighted by Crippen LogP contribution is -2.01. The van der Waals surface area contributed by atoms with Crippen molar-refractivity contribution in [2.45, 2.75) is 0 Å². The molecule has 0 saturated heterocycles. The molecule has 4 aromatic rings. The number of hydrogen-bond donors (Lipinski definition) is 0. The predicted octanol–water partition coefficient (Wildman–Crippen LogP) is 7.16. The minimum Gasteiger partial charge on any atom is -0.129 e. The van der Waals surface area contributed by atoms with E-state index in [1.807, 2.05) is 66.7 Å². The summed E-state index contributed by atoms with van der Waals surface area (Å²) in [5, 5.41) is 12.9. The lowest BCUT2D eigenvalue weighted by atomic mass is 9.95. The minimum atomic E-state index is 0.773. The van der Waals surface area contributed by atoms with Gasteiger partial charge in [0, 0.05) is 35.7 Å². The number of benzene rings is 3. The van der Waals surface area contributed by atoms with Gasteiger partial charge in [-0.3, -0.25) is 0 Å². The van der Waals surface area contributed by atoms with Crippen LogP contribution in [0.1, 0.15) is 0 Å². The van der Waals surface area contributed by atoms with Crippen LogP contribution in [-0.4, -0.2) is 15.4 Å². The Balaban J connectivity index is 2.10. The van der Waals surface area contributed by atoms with E-state index in [9.17, 15) is 0 Å². The zero-order valence-corrected chi connectivity index (χ0v) is 18.7. The van der Waals surface area contributed by atoms with Crippen LogP contribution in [0.25, 0.3) is 33.6 Å². The number of halogens is 3. The molecular formula is C21H12Br3N3. The summed E-state index contributed by atoms with van der Waals surface area (Å²) in [6, 6.07) is 24.1. The molecule has 0 saturated carbocycles. The fourth-order valence-corrected chi connectivity index (χ4v) is 4.35. The fourth-order valence-electron chi connectivity index (χ4n) is 2.93. The molecule has 0 unspecified atom stereocenters. The van der Waals surface area contributed by atoms with Crippen molar-refractivity contribution in [1.82, 2.24) is 15.4 Å². The van der Waals surface area contributed by atoms with Gasteiger partial charge in [0.05, 0.1) is 0 Å². The summed E-state index contributed by atoms with van der Waals surface area (Å²) >= 11 is 11.0. The lowest BCUT2D eigenvalue weighted by molar-refractivity contribution is 0.878. The highest BCUT2D eigenvalue weighted by molar-refractivity contribution is 9.11. The number of hydrogen-bond acceptors (Lipinski definition) is 3. The van der Waals surface area contributed by atoms with Gasteiger partial charge in [-0.2, -0.15) is 0 Å². The van der Waals surface area contributed by atoms with Crippen LogP contribution in [0.4, 0.5) is 0 Å². The Morgan fingerprint density at radius 1 is 0.481 bits per heavy atom. The Kier molecular flexibility index (Phi) is 5.48. The van der Waals surface area contributed by atoms with Crippen LogP contribution in [-0.2, 0) is 0 Å². The summed E-state index contributed by atoms with van der Waals surface area (Å²) in [4.78, 5) is 0. The van der Waals surface area contributed by atoms with Crippen molar-refractivity contribution in [2.24, 2.45) is 0 Å². The summed E-state index contributed by atoms with van der Waals surface area (Å²) < 4.78 is 2.88. The van der Waals surface area contributed by atoms with Crippen LogP contribution in [0.15, 0.2) is 86.2 Å². The molecule has 0 bridgehead atoms. The van der Waals surface area contributed by atoms with Gasteiger partial charge in [-0.1, -0.05) is 102 Å². The highest BCUT2D eigenvalue weighted by Gasteiger charge is 2.21. The SMILES string of the molecule is Brc1ccccc1-c1nnnc(-c2ccccc2Br)c1-c1ccccc1Br. The summed E-state index contributed by atoms with van der Waals surface area (Å²) in [5.74, 6) is 0. The quantitative estimate of drug-likeness (QED) is 0.274. The van der Waals surface area contributed by atoms with E-state index in [1.165, 1.54) is 0 Å². The lowest BCUT2D eigenvalue weighted by Gasteiger charge is -2.15. The van der Waals surface area contributed by atoms with Crippen LogP contribution in [0.3, 0.4) is 0 Å². The van der Waals surface area contributed by atoms with Crippen molar-refractivity contribution in [3.8, 4) is 33.6 Å². The smallest absolute Gasteiger partial charge is 0.106 e. The zero-order chi connectivity index (χ0) is 18.8. The summed E-state index contributed by atoms with van der Waals surface area (Å²) in [7, 11) is 0. The first-order chi connectivity index (χ1) is 13.2. The van der Waals surface area contributed by atoms with Gasteiger partial charge < -0.3 is 0 Å². The molecule has 0 aliphatic carbocycles. The van der Waals surface area contributed by atoms with Crippen LogP contribution in [0.5, 0.6) is 0 Å². The summed E-state index contributed by atoms with van der Waals surface area (Å²) in [6.07, 6.45) is 0. The third-order valence-corrected chi connectivity index (χ3v) is 6.24. The van der Waals surface area contributed by atoms with E-state index in [1.54, 1.807) is 0 Å². The van der Waals surface area contributed by atoms with Crippen LogP contribution in [0, 0.1) is 0 Å². The van der Waals surface area contributed by atoms with E-state index in [0.29, 0.717) is 0 Å². The standard InChI is InChI=1S/C21H12Br3N3/c22-16-10-4-1-7-13(16)19-20(14-8-2-5-11-17(14)23)25-27-26-21(19)15-9-3-6-12-18(15)24/h1-12H. The van der Waals surface area contributed by atoms with E-state index in [-0.39, 0.29) is 0 Å². The van der Waals surface area contributed by atoms with Crippen molar-refractivity contribution in [1.29, 1.82) is 0 Å². The van der Waals surface area contributed by atoms with Crippen molar-refractivity contribution in [3.63, 3.8) is 0 Å². The van der Waals surface area contributed by atoms with Gasteiger partial charge in [-0.15, -0.1) is 10.2 Å². The molecular weight excluding hydrogens is 534 g/mol. The first-order valence-electron chi connectivity index (χ1n) is 8.15. The molecule has 0 atom stereocenters. The predicted molar refractivity (Wildman–Crippen MR) is 119 cm³/mol. The monoisotopic (exact) mass is 543 g/mol. The minimum absolute atomic E-state index is 0.773. The van der Waals surface area contributed by atoms with E-state index in [4.69, 9.17) is 0 Å². The molecule has 3 aromatic carbocycles. The third-order valence-electron chi connectivity index (χ3n) is 4.16. The molecule has 1 heterocycles. The third kappa shape index (κ3) is 3.61. The maximum atomic E-state index is 4.42. The van der Waals surface area contributed by atoms with Crippen molar-refractivity contribution >= 4 is 47.8 Å². The molecule has 0 fully saturated rings. The van der Waals surface area contributed by atoms with Gasteiger partial charge in [-0.05, 0) is 23.4 Å². The van der Waals surface area contributed by atoms with Gasteiger partial charge in [0.25, 0.3) is 0 Å². The van der Waals surface area contributed by atoms with Crippen LogP contribution < -0.4 is 0 Å². The highest BCUT2D eigenvalue weighted by atomic mass is 79.9. The molecule has 4 rings (SSSR count). The number of nitrogens with zero attached hydrogens (tertiary/aromatic N) is 3. The van der Waals surface area contributed by atoms with Crippen molar-refractivity contribution in [2.75, 3.05) is 0 Å². The normalized spacial score (nSPS) is 10.8. The van der Waals surface area contributed by atoms with Gasteiger partial charge in [0.2, 0.25) is 0 Å². The molecule has 0 spiro atoms. The molecule has 0 N–H and O–H groups in total. The second-order valence-electron chi connectivity index (χ2n) is 5.80. The van der Waals surface area contributed by atoms with E-state index >= 15 is 0 Å². The van der Waals surface area contributed by atoms with E-state index in [0.717, 1.165) is 47.1 Å². The first-order valence-corrected chi connectivity index (χ1v) is 10.5. The van der Waals surface area contributed by atoms with Gasteiger partial charge in [0.15, 0.2) is 0 Å². The summed E-state index contributed by atoms with van der Waals surface area (Å²) in [6.45, 7) is 0. The maximum Gasteiger partial charge on any atom is 0.106 e. The fraction of sp³-hybridized carbons (Fsp3) is 0. The van der Waals surface area contributed by atoms with Crippen molar-refractivity contribution < 1.29 is 0 Å². The largest absolute Gasteiger partial charge is 0.129 e. The molecule has 132 valence electrons. The number of rotatable bonds is 3. The topological polar surface area (TPSA) is 38.7 Å². The van der Waals surface area contributed by atoms with Crippen molar-refractivity contribution in [3.05, 3.63) is 86.2 Å². The van der Waals surface area contributed by atoms with Gasteiger partial charge in [-0.25, -0.2) is 0 Å². The molecule has 27 heavy (non-hydrogen) atoms. The average molecular weight is 546 g/mol. The maximum absolute atomic E-state index is 4.42. The zero-order valence-electron chi connectivity index (χ0n) is 13.9. The Morgan fingerprint density at radius 3 is 1.26 bits per heavy atom. The Labute approximate surface area is 182 Å². The second-order valence-corrected chi connectivity index (χ2v) is 8.36. The highest BCUT2D eigenvalue weighted by Crippen LogP contribution is 2.43. The Bertz CT molecular complexity index is 1070. The Hall–Kier alpha value is -1.89. The molecule has 1 aromatic heterocycles. The first kappa shape index (κ1) is 18.5. The van der Waals surface area contributed by atoms with E-state index in [2.05, 4.69) is 69.3 Å². The van der Waals surface area contributed by atoms with E-state index < -0.39 is 0 Å². The van der Waals surface area contributed by atoms with Crippen LogP contribution in [0.2, 0.25) is 0 Å². The molecule has 3 nitrogen and oxygen atoms in total. The summed E-state index contributed by atoms with van der Waals surface area (Å²) in [5.41, 5.74) is 5.41. The number of aromatic nitrogens is 3. The molecule has 0 aliphatic heterocycles. The van der Waals surface area contributed by atoms with Gasteiger partial charge >= 0.3 is 0 Å². The second kappa shape index (κ2) is 8.00. The Morgan fingerprint density at radius 2 is 0.852 bits per heavy atom. The molecule has 0 aliphatic rings. The molecule has 0 amide bonds. The molecule has 6 heteroatoms. The molecule has 0 radical (unpaired) electrons. The average Bonchev–Trinajstić information content (AvgIpc) is 2.69. The van der Waals surface area contributed by atoms with Gasteiger partial charge in [0.1, 0.15) is 11.4 Å².